The average molecular weight is 373 g/mol. The summed E-state index contributed by atoms with van der Waals surface area (Å²) in [4.78, 5) is 18.3. The zero-order valence-electron chi connectivity index (χ0n) is 16.3. The number of pyridine rings is 1. The molecule has 6 nitrogen and oxygen atoms in total. The summed E-state index contributed by atoms with van der Waals surface area (Å²) in [5.74, 6) is 0.724. The van der Waals surface area contributed by atoms with Crippen molar-refractivity contribution in [3.05, 3.63) is 35.7 Å². The Morgan fingerprint density at radius 3 is 3.00 bits per heavy atom. The van der Waals surface area contributed by atoms with Crippen molar-refractivity contribution in [2.24, 2.45) is 0 Å². The van der Waals surface area contributed by atoms with Gasteiger partial charge in [0.25, 0.3) is 0 Å². The molecule has 3 rings (SSSR count). The van der Waals surface area contributed by atoms with E-state index in [1.165, 1.54) is 12.0 Å². The zero-order valence-corrected chi connectivity index (χ0v) is 16.3. The van der Waals surface area contributed by atoms with Crippen LogP contribution >= 0.6 is 0 Å². The molecule has 27 heavy (non-hydrogen) atoms. The number of likely N-dealkylation sites (tertiary alicyclic amines) is 1. The van der Waals surface area contributed by atoms with Crippen molar-refractivity contribution in [1.29, 1.82) is 0 Å². The molecule has 148 valence electrons. The van der Waals surface area contributed by atoms with Crippen LogP contribution < -0.4 is 5.32 Å². The monoisotopic (exact) mass is 373 g/mol. The van der Waals surface area contributed by atoms with E-state index >= 15 is 0 Å². The van der Waals surface area contributed by atoms with Gasteiger partial charge < -0.3 is 20.1 Å². The molecule has 0 amide bonds. The second kappa shape index (κ2) is 8.74. The van der Waals surface area contributed by atoms with Gasteiger partial charge in [-0.1, -0.05) is 12.6 Å². The first-order valence-electron chi connectivity index (χ1n) is 10.0. The maximum Gasteiger partial charge on any atom is 0.308 e. The molecular weight excluding hydrogens is 342 g/mol. The fourth-order valence-electron chi connectivity index (χ4n) is 3.78. The summed E-state index contributed by atoms with van der Waals surface area (Å²) in [6, 6.07) is 4.35. The SMILES string of the molecule is C=C(CCCCc1ccc2c(n1)NCCC2)N1CC(O)(CC(=O)OCC)C1. The third kappa shape index (κ3) is 5.22. The molecule has 0 bridgehead atoms. The Bertz CT molecular complexity index is 683. The number of unbranched alkanes of at least 4 members (excludes halogenated alkanes) is 1. The number of fused-ring (bicyclic) bond motifs is 1. The molecule has 0 aromatic carbocycles. The van der Waals surface area contributed by atoms with E-state index in [0.717, 1.165) is 55.9 Å². The summed E-state index contributed by atoms with van der Waals surface area (Å²) in [6.45, 7) is 8.19. The number of nitrogens with zero attached hydrogens (tertiary/aromatic N) is 2. The molecule has 2 N–H and O–H groups in total. The molecule has 1 saturated heterocycles. The van der Waals surface area contributed by atoms with Gasteiger partial charge in [-0.2, -0.15) is 0 Å². The fourth-order valence-corrected chi connectivity index (χ4v) is 3.78. The molecule has 2 aliphatic rings. The molecule has 3 heterocycles. The number of anilines is 1. The number of esters is 1. The predicted octanol–water partition coefficient (Wildman–Crippen LogP) is 2.67. The summed E-state index contributed by atoms with van der Waals surface area (Å²) in [5.41, 5.74) is 2.53. The number of aryl methyl sites for hydroxylation is 2. The molecule has 0 unspecified atom stereocenters. The first kappa shape index (κ1) is 19.7. The molecule has 1 aromatic heterocycles. The van der Waals surface area contributed by atoms with Crippen LogP contribution in [-0.4, -0.2) is 52.8 Å². The first-order chi connectivity index (χ1) is 13.0. The van der Waals surface area contributed by atoms with Gasteiger partial charge in [0, 0.05) is 31.0 Å². The molecule has 6 heteroatoms. The highest BCUT2D eigenvalue weighted by Gasteiger charge is 2.43. The van der Waals surface area contributed by atoms with Crippen LogP contribution in [0.25, 0.3) is 0 Å². The number of hydrogen-bond donors (Lipinski definition) is 2. The highest BCUT2D eigenvalue weighted by Crippen LogP contribution is 2.29. The lowest BCUT2D eigenvalue weighted by molar-refractivity contribution is -0.156. The number of aromatic nitrogens is 1. The first-order valence-corrected chi connectivity index (χ1v) is 10.0. The molecule has 0 spiro atoms. The van der Waals surface area contributed by atoms with Crippen LogP contribution in [0.2, 0.25) is 0 Å². The number of carbonyl (C=O) groups is 1. The third-order valence-electron chi connectivity index (χ3n) is 5.30. The molecule has 0 atom stereocenters. The minimum absolute atomic E-state index is 0.0582. The Morgan fingerprint density at radius 2 is 2.22 bits per heavy atom. The van der Waals surface area contributed by atoms with E-state index in [2.05, 4.69) is 28.9 Å². The van der Waals surface area contributed by atoms with E-state index < -0.39 is 5.60 Å². The maximum atomic E-state index is 11.5. The molecule has 0 radical (unpaired) electrons. The Morgan fingerprint density at radius 1 is 1.41 bits per heavy atom. The van der Waals surface area contributed by atoms with Crippen molar-refractivity contribution in [1.82, 2.24) is 9.88 Å². The number of nitrogens with one attached hydrogen (secondary N) is 1. The molecule has 0 saturated carbocycles. The Hall–Kier alpha value is -2.08. The van der Waals surface area contributed by atoms with Gasteiger partial charge in [-0.15, -0.1) is 0 Å². The van der Waals surface area contributed by atoms with Crippen molar-refractivity contribution in [2.75, 3.05) is 31.6 Å². The molecule has 0 aliphatic carbocycles. The van der Waals surface area contributed by atoms with Gasteiger partial charge in [0.15, 0.2) is 0 Å². The summed E-state index contributed by atoms with van der Waals surface area (Å²) < 4.78 is 4.92. The number of aliphatic hydroxyl groups is 1. The maximum absolute atomic E-state index is 11.5. The largest absolute Gasteiger partial charge is 0.466 e. The lowest BCUT2D eigenvalue weighted by Gasteiger charge is -2.48. The minimum Gasteiger partial charge on any atom is -0.466 e. The predicted molar refractivity (Wildman–Crippen MR) is 106 cm³/mol. The van der Waals surface area contributed by atoms with Gasteiger partial charge in [0.2, 0.25) is 0 Å². The lowest BCUT2D eigenvalue weighted by Crippen LogP contribution is -2.61. The number of ether oxygens (including phenoxy) is 1. The minimum atomic E-state index is -0.963. The van der Waals surface area contributed by atoms with E-state index in [9.17, 15) is 9.90 Å². The molecule has 1 aromatic rings. The van der Waals surface area contributed by atoms with Crippen LogP contribution in [0.5, 0.6) is 0 Å². The van der Waals surface area contributed by atoms with Crippen molar-refractivity contribution in [3.63, 3.8) is 0 Å². The van der Waals surface area contributed by atoms with Gasteiger partial charge in [0.05, 0.1) is 13.0 Å². The average Bonchev–Trinajstić information content (AvgIpc) is 2.63. The Kier molecular flexibility index (Phi) is 6.37. The van der Waals surface area contributed by atoms with Crippen molar-refractivity contribution >= 4 is 11.8 Å². The number of allylic oxidation sites excluding steroid dienone is 1. The van der Waals surface area contributed by atoms with Crippen LogP contribution in [0.4, 0.5) is 5.82 Å². The fraction of sp³-hybridized carbons (Fsp3) is 0.619. The molecular formula is C21H31N3O3. The summed E-state index contributed by atoms with van der Waals surface area (Å²) in [7, 11) is 0. The highest BCUT2D eigenvalue weighted by molar-refractivity contribution is 5.71. The number of β-amino-alcohol motifs (C(OH)–C–C–N with tert-alkyl or cyclic N) is 1. The van der Waals surface area contributed by atoms with E-state index in [-0.39, 0.29) is 12.4 Å². The Balaban J connectivity index is 1.34. The highest BCUT2D eigenvalue weighted by atomic mass is 16.5. The van der Waals surface area contributed by atoms with Crippen LogP contribution in [0.15, 0.2) is 24.4 Å². The second-order valence-electron chi connectivity index (χ2n) is 7.68. The van der Waals surface area contributed by atoms with Crippen LogP contribution in [0.1, 0.15) is 50.3 Å². The van der Waals surface area contributed by atoms with E-state index in [0.29, 0.717) is 19.7 Å². The van der Waals surface area contributed by atoms with Crippen LogP contribution in [0.3, 0.4) is 0 Å². The van der Waals surface area contributed by atoms with Gasteiger partial charge >= 0.3 is 5.97 Å². The van der Waals surface area contributed by atoms with Gasteiger partial charge in [-0.25, -0.2) is 4.98 Å². The Labute approximate surface area is 161 Å². The van der Waals surface area contributed by atoms with Gasteiger partial charge in [-0.05, 0) is 57.1 Å². The molecule has 2 aliphatic heterocycles. The van der Waals surface area contributed by atoms with E-state index in [4.69, 9.17) is 9.72 Å². The zero-order chi connectivity index (χ0) is 19.3. The van der Waals surface area contributed by atoms with Gasteiger partial charge in [-0.3, -0.25) is 4.79 Å². The van der Waals surface area contributed by atoms with Crippen molar-refractivity contribution in [2.45, 2.75) is 57.5 Å². The van der Waals surface area contributed by atoms with Crippen LogP contribution in [-0.2, 0) is 22.4 Å². The topological polar surface area (TPSA) is 74.7 Å². The summed E-state index contributed by atoms with van der Waals surface area (Å²) in [6.07, 6.45) is 6.33. The quantitative estimate of drug-likeness (QED) is 0.512. The summed E-state index contributed by atoms with van der Waals surface area (Å²) >= 11 is 0. The standard InChI is InChI=1S/C21H31N3O3/c1-3-27-19(25)13-21(26)14-24(15-21)16(2)7-4-5-9-18-11-10-17-8-6-12-22-20(17)23-18/h10-11,26H,2-9,12-15H2,1H3,(H,22,23). The number of rotatable bonds is 9. The van der Waals surface area contributed by atoms with Crippen molar-refractivity contribution < 1.29 is 14.6 Å². The third-order valence-corrected chi connectivity index (χ3v) is 5.30. The number of hydrogen-bond acceptors (Lipinski definition) is 6. The number of carbonyl (C=O) groups excluding carboxylic acids is 1. The lowest BCUT2D eigenvalue weighted by atomic mass is 9.89. The second-order valence-corrected chi connectivity index (χ2v) is 7.68. The van der Waals surface area contributed by atoms with Gasteiger partial charge in [0.1, 0.15) is 11.4 Å². The normalized spacial score (nSPS) is 17.5. The smallest absolute Gasteiger partial charge is 0.308 e. The summed E-state index contributed by atoms with van der Waals surface area (Å²) in [5, 5.41) is 13.7. The van der Waals surface area contributed by atoms with E-state index in [1.54, 1.807) is 6.92 Å². The van der Waals surface area contributed by atoms with Crippen molar-refractivity contribution in [3.8, 4) is 0 Å². The van der Waals surface area contributed by atoms with Crippen LogP contribution in [0, 0.1) is 0 Å². The van der Waals surface area contributed by atoms with E-state index in [1.807, 2.05) is 0 Å². The molecule has 1 fully saturated rings.